The van der Waals surface area contributed by atoms with Gasteiger partial charge < -0.3 is 20.0 Å². The largest absolute Gasteiger partial charge is 0.368 e. The number of aliphatic hydroxyl groups is 2. The average Bonchev–Trinajstić information content (AvgIpc) is 3.25. The van der Waals surface area contributed by atoms with Gasteiger partial charge in [-0.3, -0.25) is 19.6 Å². The number of amides is 2. The first-order chi connectivity index (χ1) is 21.7. The van der Waals surface area contributed by atoms with E-state index in [1.165, 1.54) is 0 Å². The van der Waals surface area contributed by atoms with Gasteiger partial charge in [0.05, 0.1) is 17.5 Å². The third-order valence-corrected chi connectivity index (χ3v) is 9.21. The molecule has 0 radical (unpaired) electrons. The van der Waals surface area contributed by atoms with Crippen LogP contribution in [0.5, 0.6) is 0 Å². The standard InChI is InChI=1S/C36H45ClN4O4/c1-36-25-27(35(45)40-22-7-8-24-41(32(42)16-10-23-40)29-13-3-2-4-14-29)19-21-31(36)38-34(26-11-9-12-28(37)20-18-26)30(39-36)15-5-6-17-33(43)44/h2-3,9,12-13,18-21,25,31,33,43-44H,4-8,10-11,14-17,22-24H2,1H3. The highest BCUT2D eigenvalue weighted by molar-refractivity contribution is 6.49. The number of allylic oxidation sites excluding steroid dienone is 10. The van der Waals surface area contributed by atoms with E-state index in [-0.39, 0.29) is 17.9 Å². The zero-order valence-electron chi connectivity index (χ0n) is 26.2. The number of hydrogen-bond acceptors (Lipinski definition) is 6. The van der Waals surface area contributed by atoms with Crippen LogP contribution in [-0.2, 0) is 9.59 Å². The molecule has 2 amide bonds. The molecule has 2 aliphatic heterocycles. The molecule has 0 aromatic heterocycles. The maximum atomic E-state index is 13.9. The molecule has 1 saturated heterocycles. The molecule has 0 spiro atoms. The highest BCUT2D eigenvalue weighted by Gasteiger charge is 2.39. The summed E-state index contributed by atoms with van der Waals surface area (Å²) in [5.74, 6) is 0.108. The second-order valence-electron chi connectivity index (χ2n) is 12.5. The molecular weight excluding hydrogens is 588 g/mol. The fourth-order valence-electron chi connectivity index (χ4n) is 6.51. The van der Waals surface area contributed by atoms with Gasteiger partial charge in [-0.05, 0) is 101 Å². The molecule has 2 N–H and O–H groups in total. The first-order valence-electron chi connectivity index (χ1n) is 16.4. The number of rotatable bonds is 8. The molecule has 0 saturated carbocycles. The van der Waals surface area contributed by atoms with E-state index in [2.05, 4.69) is 12.2 Å². The Morgan fingerprint density at radius 1 is 1.07 bits per heavy atom. The van der Waals surface area contributed by atoms with Gasteiger partial charge in [-0.2, -0.15) is 0 Å². The van der Waals surface area contributed by atoms with E-state index in [4.69, 9.17) is 21.6 Å². The average molecular weight is 633 g/mol. The lowest BCUT2D eigenvalue weighted by molar-refractivity contribution is -0.131. The van der Waals surface area contributed by atoms with Gasteiger partial charge in [0.1, 0.15) is 5.54 Å². The second-order valence-corrected chi connectivity index (χ2v) is 13.0. The molecule has 9 heteroatoms. The summed E-state index contributed by atoms with van der Waals surface area (Å²) < 4.78 is 0. The quantitative estimate of drug-likeness (QED) is 0.259. The number of carbonyl (C=O) groups is 2. The molecule has 0 aromatic rings. The second kappa shape index (κ2) is 15.3. The van der Waals surface area contributed by atoms with Crippen molar-refractivity contribution in [1.82, 2.24) is 9.80 Å². The molecule has 45 heavy (non-hydrogen) atoms. The van der Waals surface area contributed by atoms with Crippen LogP contribution in [0, 0.1) is 0 Å². The number of hydrogen-bond donors (Lipinski definition) is 2. The predicted molar refractivity (Wildman–Crippen MR) is 180 cm³/mol. The molecule has 2 unspecified atom stereocenters. The summed E-state index contributed by atoms with van der Waals surface area (Å²) in [5.41, 5.74) is 3.72. The predicted octanol–water partition coefficient (Wildman–Crippen LogP) is 5.85. The van der Waals surface area contributed by atoms with Crippen molar-refractivity contribution in [3.63, 3.8) is 0 Å². The zero-order valence-corrected chi connectivity index (χ0v) is 27.0. The van der Waals surface area contributed by atoms with E-state index in [9.17, 15) is 19.8 Å². The monoisotopic (exact) mass is 632 g/mol. The molecule has 2 atom stereocenters. The number of aliphatic imine (C=N–C) groups is 2. The first kappa shape index (κ1) is 33.0. The van der Waals surface area contributed by atoms with E-state index in [1.807, 2.05) is 65.3 Å². The number of halogens is 1. The Balaban J connectivity index is 1.32. The van der Waals surface area contributed by atoms with Crippen LogP contribution in [0.1, 0.15) is 77.6 Å². The van der Waals surface area contributed by atoms with Gasteiger partial charge in [-0.25, -0.2) is 0 Å². The Kier molecular flexibility index (Phi) is 11.2. The summed E-state index contributed by atoms with van der Waals surface area (Å²) in [6.07, 6.45) is 26.1. The number of fused-ring (bicyclic) bond motifs is 1. The van der Waals surface area contributed by atoms with E-state index >= 15 is 0 Å². The Morgan fingerprint density at radius 3 is 2.69 bits per heavy atom. The maximum absolute atomic E-state index is 13.9. The highest BCUT2D eigenvalue weighted by atomic mass is 35.5. The van der Waals surface area contributed by atoms with Crippen LogP contribution in [0.3, 0.4) is 0 Å². The van der Waals surface area contributed by atoms with Crippen LogP contribution in [0.25, 0.3) is 0 Å². The molecular formula is C36H45ClN4O4. The Hall–Kier alpha value is -3.33. The maximum Gasteiger partial charge on any atom is 0.253 e. The van der Waals surface area contributed by atoms with Gasteiger partial charge in [0.15, 0.2) is 6.29 Å². The minimum absolute atomic E-state index is 0.0317. The van der Waals surface area contributed by atoms with Gasteiger partial charge in [0.2, 0.25) is 5.91 Å². The summed E-state index contributed by atoms with van der Waals surface area (Å²) in [6.45, 7) is 3.89. The minimum Gasteiger partial charge on any atom is -0.368 e. The van der Waals surface area contributed by atoms with Gasteiger partial charge in [-0.15, -0.1) is 0 Å². The van der Waals surface area contributed by atoms with E-state index < -0.39 is 11.8 Å². The van der Waals surface area contributed by atoms with E-state index in [0.29, 0.717) is 68.8 Å². The van der Waals surface area contributed by atoms with Gasteiger partial charge in [-0.1, -0.05) is 48.1 Å². The molecule has 0 bridgehead atoms. The summed E-state index contributed by atoms with van der Waals surface area (Å²) in [7, 11) is 0. The Labute approximate surface area is 271 Å². The minimum atomic E-state index is -1.32. The molecule has 8 nitrogen and oxygen atoms in total. The summed E-state index contributed by atoms with van der Waals surface area (Å²) in [4.78, 5) is 41.3. The van der Waals surface area contributed by atoms with Crippen molar-refractivity contribution >= 4 is 34.8 Å². The van der Waals surface area contributed by atoms with Crippen molar-refractivity contribution in [2.75, 3.05) is 19.6 Å². The fourth-order valence-corrected chi connectivity index (χ4v) is 6.66. The first-order valence-corrected chi connectivity index (χ1v) is 16.7. The number of carbonyl (C=O) groups excluding carboxylic acids is 2. The summed E-state index contributed by atoms with van der Waals surface area (Å²) in [6, 6.07) is -0.258. The molecule has 0 aromatic carbocycles. The highest BCUT2D eigenvalue weighted by Crippen LogP contribution is 2.34. The topological polar surface area (TPSA) is 106 Å². The van der Waals surface area contributed by atoms with Crippen LogP contribution < -0.4 is 0 Å². The fraction of sp³-hybridized carbons (Fsp3) is 0.500. The van der Waals surface area contributed by atoms with Crippen LogP contribution >= 0.6 is 11.6 Å². The van der Waals surface area contributed by atoms with Crippen LogP contribution in [0.4, 0.5) is 0 Å². The lowest BCUT2D eigenvalue weighted by Gasteiger charge is -2.37. The van der Waals surface area contributed by atoms with E-state index in [1.54, 1.807) is 0 Å². The summed E-state index contributed by atoms with van der Waals surface area (Å²) in [5, 5.41) is 19.3. The van der Waals surface area contributed by atoms with Crippen molar-refractivity contribution in [2.45, 2.75) is 95.4 Å². The third-order valence-electron chi connectivity index (χ3n) is 8.96. The molecule has 5 aliphatic rings. The van der Waals surface area contributed by atoms with Crippen molar-refractivity contribution in [3.05, 3.63) is 82.6 Å². The van der Waals surface area contributed by atoms with Crippen molar-refractivity contribution in [2.24, 2.45) is 9.98 Å². The van der Waals surface area contributed by atoms with E-state index in [0.717, 1.165) is 54.8 Å². The SMILES string of the molecule is CC12C=C(C(=O)N3CCCCN(C4=CC=CCC4)C(=O)CCC3)C=CC1N=C(C1=CC=C(Cl)C=CC1)C(CCCCC(O)O)=N2. The van der Waals surface area contributed by atoms with Crippen LogP contribution in [0.2, 0.25) is 0 Å². The van der Waals surface area contributed by atoms with Crippen LogP contribution in [-0.4, -0.2) is 80.8 Å². The molecule has 1 fully saturated rings. The Bertz CT molecular complexity index is 1430. The van der Waals surface area contributed by atoms with Crippen LogP contribution in [0.15, 0.2) is 92.6 Å². The third kappa shape index (κ3) is 8.48. The number of nitrogens with zero attached hydrogens (tertiary/aromatic N) is 4. The number of unbranched alkanes of at least 4 members (excludes halogenated alkanes) is 1. The Morgan fingerprint density at radius 2 is 1.89 bits per heavy atom. The molecule has 5 rings (SSSR count). The zero-order chi connectivity index (χ0) is 31.8. The lowest BCUT2D eigenvalue weighted by Crippen LogP contribution is -2.44. The van der Waals surface area contributed by atoms with Gasteiger partial charge in [0.25, 0.3) is 5.91 Å². The lowest BCUT2D eigenvalue weighted by atomic mass is 9.82. The van der Waals surface area contributed by atoms with Gasteiger partial charge >= 0.3 is 0 Å². The molecule has 240 valence electrons. The molecule has 3 aliphatic carbocycles. The molecule has 2 heterocycles. The van der Waals surface area contributed by atoms with Crippen molar-refractivity contribution in [1.29, 1.82) is 0 Å². The van der Waals surface area contributed by atoms with Gasteiger partial charge in [0, 0.05) is 42.4 Å². The smallest absolute Gasteiger partial charge is 0.253 e. The van der Waals surface area contributed by atoms with Crippen molar-refractivity contribution < 1.29 is 19.8 Å². The van der Waals surface area contributed by atoms with Crippen molar-refractivity contribution in [3.8, 4) is 0 Å². The summed E-state index contributed by atoms with van der Waals surface area (Å²) >= 11 is 6.25. The normalized spacial score (nSPS) is 25.9. The number of aliphatic hydroxyl groups excluding tert-OH is 1.